The first kappa shape index (κ1) is 5.79. The van der Waals surface area contributed by atoms with Crippen LogP contribution in [0.4, 0.5) is 0 Å². The van der Waals surface area contributed by atoms with Crippen LogP contribution in [-0.4, -0.2) is 0 Å². The zero-order valence-corrected chi connectivity index (χ0v) is 7.23. The fourth-order valence-electron chi connectivity index (χ4n) is 0.238. The standard InChI is InChI=1S/C4HBr2S/c5-3-1-2-7-4(3)6/h1H. The summed E-state index contributed by atoms with van der Waals surface area (Å²) >= 11 is 8.15. The van der Waals surface area contributed by atoms with Gasteiger partial charge in [-0.2, -0.15) is 0 Å². The molecule has 0 nitrogen and oxygen atoms in total. The summed E-state index contributed by atoms with van der Waals surface area (Å²) in [6.07, 6.45) is 0. The van der Waals surface area contributed by atoms with Gasteiger partial charge in [0.2, 0.25) is 0 Å². The fraction of sp³-hybridized carbons (Fsp3) is 0. The Morgan fingerprint density at radius 1 is 1.57 bits per heavy atom. The van der Waals surface area contributed by atoms with E-state index in [4.69, 9.17) is 0 Å². The highest BCUT2D eigenvalue weighted by molar-refractivity contribution is 9.13. The number of hydrogen-bond donors (Lipinski definition) is 0. The smallest absolute Gasteiger partial charge is 0.0847 e. The molecule has 1 heterocycles. The summed E-state index contributed by atoms with van der Waals surface area (Å²) in [4.78, 5) is 0. The Morgan fingerprint density at radius 2 is 2.29 bits per heavy atom. The van der Waals surface area contributed by atoms with E-state index < -0.39 is 0 Å². The molecule has 7 heavy (non-hydrogen) atoms. The molecule has 1 aromatic rings. The summed E-state index contributed by atoms with van der Waals surface area (Å²) in [7, 11) is 0. The Kier molecular flexibility index (Phi) is 1.89. The van der Waals surface area contributed by atoms with E-state index in [0.29, 0.717) is 0 Å². The number of halogens is 2. The second-order valence-corrected chi connectivity index (χ2v) is 4.01. The summed E-state index contributed by atoms with van der Waals surface area (Å²) in [5.74, 6) is 0. The Bertz CT molecular complexity index is 142. The van der Waals surface area contributed by atoms with E-state index in [0.717, 1.165) is 8.26 Å². The highest BCUT2D eigenvalue weighted by atomic mass is 79.9. The first-order valence-corrected chi connectivity index (χ1v) is 4.02. The van der Waals surface area contributed by atoms with Crippen molar-refractivity contribution < 1.29 is 0 Å². The molecule has 0 amide bonds. The van der Waals surface area contributed by atoms with E-state index in [2.05, 4.69) is 37.2 Å². The molecule has 1 rings (SSSR count). The summed E-state index contributed by atoms with van der Waals surface area (Å²) < 4.78 is 2.19. The van der Waals surface area contributed by atoms with Crippen molar-refractivity contribution in [1.82, 2.24) is 0 Å². The van der Waals surface area contributed by atoms with Gasteiger partial charge in [0, 0.05) is 9.85 Å². The van der Waals surface area contributed by atoms with Crippen LogP contribution >= 0.6 is 43.2 Å². The van der Waals surface area contributed by atoms with Crippen molar-refractivity contribution in [2.75, 3.05) is 0 Å². The summed E-state index contributed by atoms with van der Waals surface area (Å²) in [5, 5.41) is 2.95. The maximum absolute atomic E-state index is 3.31. The van der Waals surface area contributed by atoms with Crippen LogP contribution in [0, 0.1) is 5.38 Å². The molecular weight excluding hydrogens is 240 g/mol. The molecule has 0 N–H and O–H groups in total. The third-order valence-electron chi connectivity index (χ3n) is 0.522. The molecule has 0 saturated heterocycles. The first-order chi connectivity index (χ1) is 3.30. The van der Waals surface area contributed by atoms with E-state index >= 15 is 0 Å². The van der Waals surface area contributed by atoms with Gasteiger partial charge in [0.05, 0.1) is 3.79 Å². The van der Waals surface area contributed by atoms with Gasteiger partial charge in [-0.25, -0.2) is 0 Å². The van der Waals surface area contributed by atoms with Crippen molar-refractivity contribution in [3.05, 3.63) is 19.7 Å². The molecule has 0 aliphatic carbocycles. The maximum atomic E-state index is 3.31. The number of thiophene rings is 1. The van der Waals surface area contributed by atoms with Gasteiger partial charge in [0.25, 0.3) is 0 Å². The number of hydrogen-bond acceptors (Lipinski definition) is 1. The van der Waals surface area contributed by atoms with Gasteiger partial charge in [0.1, 0.15) is 0 Å². The average Bonchev–Trinajstić information content (AvgIpc) is 1.91. The molecule has 3 heteroatoms. The number of rotatable bonds is 0. The zero-order valence-electron chi connectivity index (χ0n) is 3.24. The Labute approximate surface area is 62.8 Å². The van der Waals surface area contributed by atoms with Gasteiger partial charge >= 0.3 is 0 Å². The summed E-state index contributed by atoms with van der Waals surface area (Å²) in [6, 6.07) is 1.88. The predicted octanol–water partition coefficient (Wildman–Crippen LogP) is 3.07. The largest absolute Gasteiger partial charge is 0.126 e. The molecule has 0 aromatic carbocycles. The minimum atomic E-state index is 1.08. The van der Waals surface area contributed by atoms with Crippen molar-refractivity contribution in [3.63, 3.8) is 0 Å². The molecule has 0 unspecified atom stereocenters. The van der Waals surface area contributed by atoms with Crippen molar-refractivity contribution in [3.8, 4) is 0 Å². The van der Waals surface area contributed by atoms with Gasteiger partial charge in [-0.3, -0.25) is 0 Å². The molecule has 0 aliphatic rings. The van der Waals surface area contributed by atoms with Crippen LogP contribution in [0.25, 0.3) is 0 Å². The Morgan fingerprint density at radius 3 is 2.43 bits per heavy atom. The van der Waals surface area contributed by atoms with Crippen LogP contribution < -0.4 is 0 Å². The quantitative estimate of drug-likeness (QED) is 0.654. The minimum Gasteiger partial charge on any atom is -0.126 e. The molecule has 0 saturated carbocycles. The normalized spacial score (nSPS) is 9.43. The van der Waals surface area contributed by atoms with E-state index in [1.807, 2.05) is 6.07 Å². The summed E-state index contributed by atoms with van der Waals surface area (Å²) in [6.45, 7) is 0. The van der Waals surface area contributed by atoms with Crippen molar-refractivity contribution in [2.45, 2.75) is 0 Å². The van der Waals surface area contributed by atoms with Gasteiger partial charge in [-0.05, 0) is 37.9 Å². The molecule has 0 aliphatic heterocycles. The molecule has 37 valence electrons. The first-order valence-electron chi connectivity index (χ1n) is 1.61. The fourth-order valence-corrected chi connectivity index (χ4v) is 1.58. The molecule has 1 radical (unpaired) electrons. The highest BCUT2D eigenvalue weighted by Crippen LogP contribution is 2.27. The van der Waals surface area contributed by atoms with Crippen molar-refractivity contribution >= 4 is 43.2 Å². The van der Waals surface area contributed by atoms with E-state index in [9.17, 15) is 0 Å². The van der Waals surface area contributed by atoms with Crippen molar-refractivity contribution in [1.29, 1.82) is 0 Å². The lowest BCUT2D eigenvalue weighted by atomic mass is 10.7. The molecule has 1 aromatic heterocycles. The van der Waals surface area contributed by atoms with E-state index in [1.165, 1.54) is 0 Å². The van der Waals surface area contributed by atoms with Crippen LogP contribution in [0.1, 0.15) is 0 Å². The molecule has 0 atom stereocenters. The van der Waals surface area contributed by atoms with Crippen molar-refractivity contribution in [2.24, 2.45) is 0 Å². The highest BCUT2D eigenvalue weighted by Gasteiger charge is 1.92. The van der Waals surface area contributed by atoms with Crippen LogP contribution in [0.3, 0.4) is 0 Å². The molecule has 0 spiro atoms. The third kappa shape index (κ3) is 1.27. The lowest BCUT2D eigenvalue weighted by Gasteiger charge is -1.74. The van der Waals surface area contributed by atoms with Gasteiger partial charge < -0.3 is 0 Å². The van der Waals surface area contributed by atoms with E-state index in [1.54, 1.807) is 11.3 Å². The summed E-state index contributed by atoms with van der Waals surface area (Å²) in [5.41, 5.74) is 0. The SMILES string of the molecule is Brc1c[c]sc1Br. The van der Waals surface area contributed by atoms with Gasteiger partial charge in [-0.15, -0.1) is 11.3 Å². The zero-order chi connectivity index (χ0) is 5.28. The monoisotopic (exact) mass is 239 g/mol. The van der Waals surface area contributed by atoms with Gasteiger partial charge in [0.15, 0.2) is 0 Å². The molecule has 0 bridgehead atoms. The van der Waals surface area contributed by atoms with E-state index in [-0.39, 0.29) is 0 Å². The van der Waals surface area contributed by atoms with Crippen LogP contribution in [0.15, 0.2) is 14.3 Å². The molecule has 0 fully saturated rings. The molecular formula is C4HBr2S. The second kappa shape index (κ2) is 2.29. The maximum Gasteiger partial charge on any atom is 0.0847 e. The lowest BCUT2D eigenvalue weighted by Crippen LogP contribution is -1.44. The Hall–Kier alpha value is 0.660. The van der Waals surface area contributed by atoms with Crippen LogP contribution in [0.5, 0.6) is 0 Å². The van der Waals surface area contributed by atoms with Gasteiger partial charge in [-0.1, -0.05) is 0 Å². The topological polar surface area (TPSA) is 0 Å². The van der Waals surface area contributed by atoms with Crippen LogP contribution in [-0.2, 0) is 0 Å². The Balaban J connectivity index is 3.12. The average molecular weight is 241 g/mol. The minimum absolute atomic E-state index is 1.08. The third-order valence-corrected chi connectivity index (χ3v) is 3.49. The lowest BCUT2D eigenvalue weighted by molar-refractivity contribution is 1.84. The predicted molar refractivity (Wildman–Crippen MR) is 38.6 cm³/mol. The van der Waals surface area contributed by atoms with Crippen LogP contribution in [0.2, 0.25) is 0 Å². The second-order valence-electron chi connectivity index (χ2n) is 0.986.